The van der Waals surface area contributed by atoms with Crippen LogP contribution in [0.3, 0.4) is 0 Å². The van der Waals surface area contributed by atoms with Crippen LogP contribution in [0.4, 0.5) is 17.3 Å². The summed E-state index contributed by atoms with van der Waals surface area (Å²) in [6.45, 7) is 7.75. The van der Waals surface area contributed by atoms with Gasteiger partial charge in [-0.3, -0.25) is 0 Å². The molecule has 1 aliphatic carbocycles. The lowest BCUT2D eigenvalue weighted by Crippen LogP contribution is -2.36. The first-order chi connectivity index (χ1) is 14.7. The van der Waals surface area contributed by atoms with E-state index in [0.717, 1.165) is 44.1 Å². The Bertz CT molecular complexity index is 1100. The molecule has 5 nitrogen and oxygen atoms in total. The average molecular weight is 399 g/mol. The zero-order chi connectivity index (χ0) is 20.5. The fourth-order valence-corrected chi connectivity index (χ4v) is 4.38. The molecule has 30 heavy (non-hydrogen) atoms. The minimum Gasteiger partial charge on any atom is -0.378 e. The zero-order valence-corrected chi connectivity index (χ0v) is 17.5. The lowest BCUT2D eigenvalue weighted by molar-refractivity contribution is 0.122. The summed E-state index contributed by atoms with van der Waals surface area (Å²) in [5.74, 6) is 0.631. The van der Waals surface area contributed by atoms with Gasteiger partial charge >= 0.3 is 0 Å². The maximum absolute atomic E-state index is 5.46. The molecular weight excluding hydrogens is 372 g/mol. The minimum absolute atomic E-state index is 0.631. The highest BCUT2D eigenvalue weighted by Crippen LogP contribution is 2.34. The number of aromatic nitrogens is 2. The topological polar surface area (TPSA) is 50.3 Å². The monoisotopic (exact) mass is 398 g/mol. The molecule has 1 N–H and O–H groups in total. The molecular formula is C25H26N4O. The number of hydrogen-bond acceptors (Lipinski definition) is 5. The quantitative estimate of drug-likeness (QED) is 0.686. The molecule has 0 spiro atoms. The van der Waals surface area contributed by atoms with Crippen LogP contribution in [-0.4, -0.2) is 36.3 Å². The van der Waals surface area contributed by atoms with E-state index in [9.17, 15) is 0 Å². The normalized spacial score (nSPS) is 15.7. The van der Waals surface area contributed by atoms with Gasteiger partial charge in [0.25, 0.3) is 0 Å². The van der Waals surface area contributed by atoms with Gasteiger partial charge in [-0.2, -0.15) is 0 Å². The number of allylic oxidation sites excluding steroid dienone is 1. The molecule has 5 heteroatoms. The molecule has 2 aliphatic rings. The average Bonchev–Trinajstić information content (AvgIpc) is 3.17. The number of ether oxygens (including phenoxy) is 1. The van der Waals surface area contributed by atoms with Gasteiger partial charge in [-0.05, 0) is 60.4 Å². The molecule has 152 valence electrons. The van der Waals surface area contributed by atoms with Crippen molar-refractivity contribution in [2.75, 3.05) is 36.5 Å². The summed E-state index contributed by atoms with van der Waals surface area (Å²) < 4.78 is 5.46. The maximum Gasteiger partial charge on any atom is 0.227 e. The van der Waals surface area contributed by atoms with Crippen LogP contribution in [0, 0.1) is 13.8 Å². The van der Waals surface area contributed by atoms with Crippen molar-refractivity contribution in [3.8, 4) is 0 Å². The van der Waals surface area contributed by atoms with Gasteiger partial charge in [-0.25, -0.2) is 9.97 Å². The lowest BCUT2D eigenvalue weighted by Gasteiger charge is -2.29. The molecule has 0 amide bonds. The first-order valence-corrected chi connectivity index (χ1v) is 10.5. The predicted octanol–water partition coefficient (Wildman–Crippen LogP) is 4.77. The van der Waals surface area contributed by atoms with Crippen LogP contribution in [0.25, 0.3) is 11.6 Å². The predicted molar refractivity (Wildman–Crippen MR) is 122 cm³/mol. The molecule has 0 saturated carbocycles. The van der Waals surface area contributed by atoms with E-state index in [1.54, 1.807) is 0 Å². The molecule has 1 aromatic heterocycles. The van der Waals surface area contributed by atoms with E-state index in [-0.39, 0.29) is 0 Å². The second-order valence-corrected chi connectivity index (χ2v) is 7.99. The Balaban J connectivity index is 1.38. The maximum atomic E-state index is 5.46. The van der Waals surface area contributed by atoms with Crippen molar-refractivity contribution < 1.29 is 4.74 Å². The van der Waals surface area contributed by atoms with Crippen LogP contribution in [0.1, 0.15) is 27.9 Å². The molecule has 0 radical (unpaired) electrons. The Hall–Kier alpha value is -3.18. The van der Waals surface area contributed by atoms with Crippen molar-refractivity contribution in [3.63, 3.8) is 0 Å². The number of morpholine rings is 1. The molecule has 1 fully saturated rings. The fourth-order valence-electron chi connectivity index (χ4n) is 4.38. The van der Waals surface area contributed by atoms with Crippen LogP contribution in [0.2, 0.25) is 0 Å². The van der Waals surface area contributed by atoms with Gasteiger partial charge in [0.15, 0.2) is 0 Å². The molecule has 0 atom stereocenters. The second kappa shape index (κ2) is 7.92. The van der Waals surface area contributed by atoms with Crippen LogP contribution in [0.15, 0.2) is 48.7 Å². The molecule has 0 bridgehead atoms. The van der Waals surface area contributed by atoms with E-state index in [1.807, 2.05) is 6.20 Å². The number of nitrogens with one attached hydrogen (secondary N) is 1. The van der Waals surface area contributed by atoms with E-state index in [2.05, 4.69) is 77.6 Å². The smallest absolute Gasteiger partial charge is 0.227 e. The lowest BCUT2D eigenvalue weighted by atomic mass is 9.95. The third kappa shape index (κ3) is 3.68. The SMILES string of the molecule is Cc1cccc(C)c1C1=Cc2nc(Nc3cccc(N4CCOCC4)c3)ncc2C1. The third-order valence-corrected chi connectivity index (χ3v) is 5.87. The first-order valence-electron chi connectivity index (χ1n) is 10.5. The molecule has 1 saturated heterocycles. The van der Waals surface area contributed by atoms with E-state index >= 15 is 0 Å². The molecule has 1 aliphatic heterocycles. The molecule has 3 aromatic rings. The largest absolute Gasteiger partial charge is 0.378 e. The number of anilines is 3. The summed E-state index contributed by atoms with van der Waals surface area (Å²) in [6.07, 6.45) is 5.04. The summed E-state index contributed by atoms with van der Waals surface area (Å²) in [4.78, 5) is 11.7. The second-order valence-electron chi connectivity index (χ2n) is 7.99. The highest BCUT2D eigenvalue weighted by atomic mass is 16.5. The Morgan fingerprint density at radius 3 is 2.57 bits per heavy atom. The zero-order valence-electron chi connectivity index (χ0n) is 17.5. The van der Waals surface area contributed by atoms with Crippen molar-refractivity contribution >= 4 is 29.0 Å². The minimum atomic E-state index is 0.631. The highest BCUT2D eigenvalue weighted by Gasteiger charge is 2.19. The van der Waals surface area contributed by atoms with Crippen LogP contribution in [-0.2, 0) is 11.2 Å². The standard InChI is InChI=1S/C25H26N4O/c1-17-5-3-6-18(2)24(17)19-13-20-16-26-25(28-23(20)14-19)27-21-7-4-8-22(15-21)29-9-11-30-12-10-29/h3-8,14-16H,9-13H2,1-2H3,(H,26,27,28). The van der Waals surface area contributed by atoms with Gasteiger partial charge in [0.1, 0.15) is 0 Å². The van der Waals surface area contributed by atoms with Gasteiger partial charge < -0.3 is 15.0 Å². The first kappa shape index (κ1) is 18.8. The highest BCUT2D eigenvalue weighted by molar-refractivity contribution is 5.89. The number of fused-ring (bicyclic) bond motifs is 1. The van der Waals surface area contributed by atoms with Crippen molar-refractivity contribution in [2.45, 2.75) is 20.3 Å². The van der Waals surface area contributed by atoms with E-state index in [1.165, 1.54) is 33.5 Å². The van der Waals surface area contributed by atoms with Crippen molar-refractivity contribution in [1.29, 1.82) is 0 Å². The Kier molecular flexibility index (Phi) is 4.97. The van der Waals surface area contributed by atoms with Gasteiger partial charge in [-0.1, -0.05) is 24.3 Å². The Morgan fingerprint density at radius 1 is 1.00 bits per heavy atom. The summed E-state index contributed by atoms with van der Waals surface area (Å²) >= 11 is 0. The molecule has 2 heterocycles. The summed E-state index contributed by atoms with van der Waals surface area (Å²) in [5, 5.41) is 3.38. The number of hydrogen-bond donors (Lipinski definition) is 1. The van der Waals surface area contributed by atoms with Crippen LogP contribution < -0.4 is 10.2 Å². The summed E-state index contributed by atoms with van der Waals surface area (Å²) in [6, 6.07) is 14.9. The van der Waals surface area contributed by atoms with Crippen molar-refractivity contribution in [3.05, 3.63) is 76.6 Å². The van der Waals surface area contributed by atoms with Crippen LogP contribution >= 0.6 is 0 Å². The molecule has 0 unspecified atom stereocenters. The van der Waals surface area contributed by atoms with Crippen molar-refractivity contribution in [1.82, 2.24) is 9.97 Å². The number of nitrogens with zero attached hydrogens (tertiary/aromatic N) is 3. The molecule has 5 rings (SSSR count). The number of aryl methyl sites for hydroxylation is 2. The van der Waals surface area contributed by atoms with Gasteiger partial charge in [-0.15, -0.1) is 0 Å². The van der Waals surface area contributed by atoms with Crippen LogP contribution in [0.5, 0.6) is 0 Å². The van der Waals surface area contributed by atoms with Gasteiger partial charge in [0, 0.05) is 42.6 Å². The molecule has 2 aromatic carbocycles. The number of benzene rings is 2. The van der Waals surface area contributed by atoms with E-state index in [0.29, 0.717) is 5.95 Å². The van der Waals surface area contributed by atoms with E-state index < -0.39 is 0 Å². The van der Waals surface area contributed by atoms with Gasteiger partial charge in [0.05, 0.1) is 18.9 Å². The summed E-state index contributed by atoms with van der Waals surface area (Å²) in [5.41, 5.74) is 9.65. The van der Waals surface area contributed by atoms with E-state index in [4.69, 9.17) is 9.72 Å². The van der Waals surface area contributed by atoms with Gasteiger partial charge in [0.2, 0.25) is 5.95 Å². The Labute approximate surface area is 177 Å². The third-order valence-electron chi connectivity index (χ3n) is 5.87. The fraction of sp³-hybridized carbons (Fsp3) is 0.280. The van der Waals surface area contributed by atoms with Crippen molar-refractivity contribution in [2.24, 2.45) is 0 Å². The Morgan fingerprint density at radius 2 is 1.77 bits per heavy atom. The number of rotatable bonds is 4. The summed E-state index contributed by atoms with van der Waals surface area (Å²) in [7, 11) is 0.